The molecular weight excluding hydrogens is 205 g/mol. The van der Waals surface area contributed by atoms with Gasteiger partial charge in [0.05, 0.1) is 5.69 Å². The predicted molar refractivity (Wildman–Crippen MR) is 62.1 cm³/mol. The molecule has 16 heavy (non-hydrogen) atoms. The molecule has 88 valence electrons. The van der Waals surface area contributed by atoms with Gasteiger partial charge in [0.1, 0.15) is 5.82 Å². The van der Waals surface area contributed by atoms with Crippen molar-refractivity contribution in [3.63, 3.8) is 0 Å². The topological polar surface area (TPSA) is 37.8 Å². The second-order valence-corrected chi connectivity index (χ2v) is 4.34. The maximum atomic E-state index is 13.7. The van der Waals surface area contributed by atoms with Crippen LogP contribution in [0.5, 0.6) is 0 Å². The lowest BCUT2D eigenvalue weighted by Crippen LogP contribution is -2.10. The van der Waals surface area contributed by atoms with Crippen LogP contribution in [0.25, 0.3) is 0 Å². The molecule has 2 rings (SSSR count). The molecule has 0 spiro atoms. The number of aromatic nitrogens is 2. The summed E-state index contributed by atoms with van der Waals surface area (Å²) in [4.78, 5) is 8.58. The lowest BCUT2D eigenvalue weighted by atomic mass is 10.1. The molecule has 1 aromatic heterocycles. The van der Waals surface area contributed by atoms with Crippen LogP contribution in [-0.4, -0.2) is 16.5 Å². The predicted octanol–water partition coefficient (Wildman–Crippen LogP) is 3.01. The van der Waals surface area contributed by atoms with Gasteiger partial charge in [0.25, 0.3) is 0 Å². The van der Waals surface area contributed by atoms with Crippen LogP contribution in [0, 0.1) is 12.7 Å². The summed E-state index contributed by atoms with van der Waals surface area (Å²) in [5, 5.41) is 2.95. The maximum Gasteiger partial charge on any atom is 0.186 e. The van der Waals surface area contributed by atoms with E-state index in [2.05, 4.69) is 15.3 Å². The molecule has 3 nitrogen and oxygen atoms in total. The molecule has 1 fully saturated rings. The maximum absolute atomic E-state index is 13.7. The van der Waals surface area contributed by atoms with Crippen molar-refractivity contribution in [1.29, 1.82) is 0 Å². The van der Waals surface area contributed by atoms with Crippen molar-refractivity contribution >= 4 is 5.82 Å². The Kier molecular flexibility index (Phi) is 3.36. The van der Waals surface area contributed by atoms with Gasteiger partial charge >= 0.3 is 0 Å². The molecule has 1 aromatic rings. The number of hydrogen-bond acceptors (Lipinski definition) is 3. The zero-order valence-electron chi connectivity index (χ0n) is 9.89. The highest BCUT2D eigenvalue weighted by Crippen LogP contribution is 2.33. The van der Waals surface area contributed by atoms with Crippen molar-refractivity contribution in [2.24, 2.45) is 0 Å². The largest absolute Gasteiger partial charge is 0.368 e. The fourth-order valence-corrected chi connectivity index (χ4v) is 2.23. The second kappa shape index (κ2) is 4.76. The molecule has 1 aliphatic rings. The minimum Gasteiger partial charge on any atom is -0.368 e. The van der Waals surface area contributed by atoms with E-state index in [-0.39, 0.29) is 5.82 Å². The lowest BCUT2D eigenvalue weighted by molar-refractivity contribution is 0.585. The van der Waals surface area contributed by atoms with Crippen LogP contribution in [0.15, 0.2) is 0 Å². The van der Waals surface area contributed by atoms with Crippen molar-refractivity contribution in [3.8, 4) is 0 Å². The molecule has 0 bridgehead atoms. The molecule has 0 aliphatic heterocycles. The van der Waals surface area contributed by atoms with E-state index in [0.717, 1.165) is 18.7 Å². The third-order valence-corrected chi connectivity index (χ3v) is 3.10. The Morgan fingerprint density at radius 1 is 1.31 bits per heavy atom. The van der Waals surface area contributed by atoms with Crippen LogP contribution < -0.4 is 5.32 Å². The normalized spacial score (nSPS) is 16.7. The smallest absolute Gasteiger partial charge is 0.186 e. The quantitative estimate of drug-likeness (QED) is 0.856. The standard InChI is InChI=1S/C12H18FN3/c1-3-14-12-10(13)8(2)15-11(16-12)9-6-4-5-7-9/h9H,3-7H2,1-2H3,(H,14,15,16). The van der Waals surface area contributed by atoms with Crippen LogP contribution in [0.2, 0.25) is 0 Å². The summed E-state index contributed by atoms with van der Waals surface area (Å²) in [5.74, 6) is 1.28. The number of aryl methyl sites for hydroxylation is 1. The van der Waals surface area contributed by atoms with Gasteiger partial charge in [-0.3, -0.25) is 0 Å². The zero-order valence-corrected chi connectivity index (χ0v) is 9.89. The summed E-state index contributed by atoms with van der Waals surface area (Å²) in [6.45, 7) is 4.32. The van der Waals surface area contributed by atoms with Crippen LogP contribution in [0.3, 0.4) is 0 Å². The molecule has 0 radical (unpaired) electrons. The van der Waals surface area contributed by atoms with Gasteiger partial charge in [0, 0.05) is 12.5 Å². The van der Waals surface area contributed by atoms with Gasteiger partial charge in [0.15, 0.2) is 11.6 Å². The zero-order chi connectivity index (χ0) is 11.5. The van der Waals surface area contributed by atoms with E-state index >= 15 is 0 Å². The molecule has 1 aliphatic carbocycles. The molecular formula is C12H18FN3. The van der Waals surface area contributed by atoms with Gasteiger partial charge in [-0.15, -0.1) is 0 Å². The van der Waals surface area contributed by atoms with Gasteiger partial charge in [-0.05, 0) is 26.7 Å². The first-order valence-electron chi connectivity index (χ1n) is 6.00. The number of rotatable bonds is 3. The first kappa shape index (κ1) is 11.3. The van der Waals surface area contributed by atoms with Crippen molar-refractivity contribution < 1.29 is 4.39 Å². The number of halogens is 1. The highest BCUT2D eigenvalue weighted by atomic mass is 19.1. The van der Waals surface area contributed by atoms with Crippen molar-refractivity contribution in [1.82, 2.24) is 9.97 Å². The van der Waals surface area contributed by atoms with E-state index in [4.69, 9.17) is 0 Å². The Morgan fingerprint density at radius 3 is 2.62 bits per heavy atom. The van der Waals surface area contributed by atoms with Crippen LogP contribution in [0.4, 0.5) is 10.2 Å². The van der Waals surface area contributed by atoms with Crippen molar-refractivity contribution in [3.05, 3.63) is 17.3 Å². The average molecular weight is 223 g/mol. The van der Waals surface area contributed by atoms with Gasteiger partial charge in [-0.2, -0.15) is 0 Å². The molecule has 0 unspecified atom stereocenters. The Balaban J connectivity index is 2.31. The Hall–Kier alpha value is -1.19. The first-order valence-corrected chi connectivity index (χ1v) is 6.00. The summed E-state index contributed by atoms with van der Waals surface area (Å²) in [6, 6.07) is 0. The number of hydrogen-bond donors (Lipinski definition) is 1. The van der Waals surface area contributed by atoms with Crippen LogP contribution >= 0.6 is 0 Å². The van der Waals surface area contributed by atoms with Crippen LogP contribution in [0.1, 0.15) is 50.0 Å². The summed E-state index contributed by atoms with van der Waals surface area (Å²) >= 11 is 0. The number of anilines is 1. The molecule has 0 saturated heterocycles. The van der Waals surface area contributed by atoms with Crippen LogP contribution in [-0.2, 0) is 0 Å². The van der Waals surface area contributed by atoms with E-state index in [1.54, 1.807) is 6.92 Å². The minimum absolute atomic E-state index is 0.316. The highest BCUT2D eigenvalue weighted by Gasteiger charge is 2.22. The van der Waals surface area contributed by atoms with Crippen molar-refractivity contribution in [2.75, 3.05) is 11.9 Å². The van der Waals surface area contributed by atoms with Gasteiger partial charge in [-0.1, -0.05) is 12.8 Å². The third kappa shape index (κ3) is 2.15. The Bertz CT molecular complexity index is 373. The monoisotopic (exact) mass is 223 g/mol. The number of nitrogens with zero attached hydrogens (tertiary/aromatic N) is 2. The fraction of sp³-hybridized carbons (Fsp3) is 0.667. The molecule has 1 heterocycles. The van der Waals surface area contributed by atoms with Gasteiger partial charge in [0.2, 0.25) is 0 Å². The summed E-state index contributed by atoms with van der Waals surface area (Å²) in [5.41, 5.74) is 0.452. The molecule has 0 atom stereocenters. The minimum atomic E-state index is -0.316. The summed E-state index contributed by atoms with van der Waals surface area (Å²) < 4.78 is 13.7. The van der Waals surface area contributed by atoms with E-state index < -0.39 is 0 Å². The molecule has 1 saturated carbocycles. The molecule has 4 heteroatoms. The molecule has 0 aromatic carbocycles. The highest BCUT2D eigenvalue weighted by molar-refractivity contribution is 5.38. The first-order chi connectivity index (χ1) is 7.72. The lowest BCUT2D eigenvalue weighted by Gasteiger charge is -2.12. The summed E-state index contributed by atoms with van der Waals surface area (Å²) in [7, 11) is 0. The summed E-state index contributed by atoms with van der Waals surface area (Å²) in [6.07, 6.45) is 4.75. The van der Waals surface area contributed by atoms with E-state index in [1.165, 1.54) is 12.8 Å². The molecule has 0 amide bonds. The van der Waals surface area contributed by atoms with E-state index in [9.17, 15) is 4.39 Å². The number of nitrogens with one attached hydrogen (secondary N) is 1. The second-order valence-electron chi connectivity index (χ2n) is 4.34. The molecule has 1 N–H and O–H groups in total. The average Bonchev–Trinajstić information content (AvgIpc) is 2.78. The van der Waals surface area contributed by atoms with Crippen molar-refractivity contribution in [2.45, 2.75) is 45.4 Å². The third-order valence-electron chi connectivity index (χ3n) is 3.10. The Labute approximate surface area is 95.5 Å². The Morgan fingerprint density at radius 2 is 2.00 bits per heavy atom. The van der Waals surface area contributed by atoms with E-state index in [1.807, 2.05) is 6.92 Å². The fourth-order valence-electron chi connectivity index (χ4n) is 2.23. The van der Waals surface area contributed by atoms with Gasteiger partial charge in [-0.25, -0.2) is 14.4 Å². The SMILES string of the molecule is CCNc1nc(C2CCCC2)nc(C)c1F. The van der Waals surface area contributed by atoms with Gasteiger partial charge < -0.3 is 5.32 Å². The van der Waals surface area contributed by atoms with E-state index in [0.29, 0.717) is 24.0 Å².